The van der Waals surface area contributed by atoms with Crippen LogP contribution in [0.25, 0.3) is 0 Å². The Kier molecular flexibility index (Phi) is 1.56. The summed E-state index contributed by atoms with van der Waals surface area (Å²) < 4.78 is 0. The quantitative estimate of drug-likeness (QED) is 0.652. The van der Waals surface area contributed by atoms with E-state index in [0.717, 1.165) is 18.4 Å². The van der Waals surface area contributed by atoms with Crippen molar-refractivity contribution < 1.29 is 0 Å². The third kappa shape index (κ3) is 1.08. The van der Waals surface area contributed by atoms with Gasteiger partial charge in [0, 0.05) is 21.8 Å². The van der Waals surface area contributed by atoms with E-state index in [1.165, 1.54) is 0 Å². The SMILES string of the molecule is Nc1cccc(Cl)c1C1(N)CC1. The van der Waals surface area contributed by atoms with E-state index in [-0.39, 0.29) is 5.54 Å². The predicted molar refractivity (Wildman–Crippen MR) is 51.0 cm³/mol. The zero-order valence-electron chi connectivity index (χ0n) is 6.68. The smallest absolute Gasteiger partial charge is 0.0477 e. The van der Waals surface area contributed by atoms with E-state index in [1.54, 1.807) is 0 Å². The molecular formula is C9H11ClN2. The highest BCUT2D eigenvalue weighted by Crippen LogP contribution is 2.47. The maximum atomic E-state index is 6.01. The summed E-state index contributed by atoms with van der Waals surface area (Å²) in [5.41, 5.74) is 13.2. The summed E-state index contributed by atoms with van der Waals surface area (Å²) in [6, 6.07) is 5.52. The second-order valence-corrected chi connectivity index (χ2v) is 3.77. The maximum absolute atomic E-state index is 6.01. The van der Waals surface area contributed by atoms with Crippen molar-refractivity contribution in [1.29, 1.82) is 0 Å². The third-order valence-corrected chi connectivity index (χ3v) is 2.65. The molecule has 0 spiro atoms. The molecule has 0 saturated heterocycles. The second-order valence-electron chi connectivity index (χ2n) is 3.36. The summed E-state index contributed by atoms with van der Waals surface area (Å²) >= 11 is 5.99. The molecule has 64 valence electrons. The average Bonchev–Trinajstić information content (AvgIpc) is 2.68. The molecule has 0 heterocycles. The molecule has 1 saturated carbocycles. The van der Waals surface area contributed by atoms with Crippen LogP contribution in [0.5, 0.6) is 0 Å². The fourth-order valence-corrected chi connectivity index (χ4v) is 1.82. The van der Waals surface area contributed by atoms with Crippen LogP contribution in [0.1, 0.15) is 18.4 Å². The largest absolute Gasteiger partial charge is 0.398 e. The Morgan fingerprint density at radius 1 is 1.33 bits per heavy atom. The van der Waals surface area contributed by atoms with Gasteiger partial charge in [-0.25, -0.2) is 0 Å². The van der Waals surface area contributed by atoms with Gasteiger partial charge in [0.25, 0.3) is 0 Å². The Labute approximate surface area is 76.5 Å². The van der Waals surface area contributed by atoms with Crippen molar-refractivity contribution in [2.75, 3.05) is 5.73 Å². The van der Waals surface area contributed by atoms with Crippen molar-refractivity contribution in [2.45, 2.75) is 18.4 Å². The minimum Gasteiger partial charge on any atom is -0.398 e. The molecule has 0 aliphatic heterocycles. The molecule has 0 atom stereocenters. The van der Waals surface area contributed by atoms with Crippen LogP contribution in [0, 0.1) is 0 Å². The van der Waals surface area contributed by atoms with Gasteiger partial charge in [0.2, 0.25) is 0 Å². The van der Waals surface area contributed by atoms with Gasteiger partial charge in [-0.15, -0.1) is 0 Å². The Morgan fingerprint density at radius 3 is 2.50 bits per heavy atom. The standard InChI is InChI=1S/C9H11ClN2/c10-6-2-1-3-7(11)8(6)9(12)4-5-9/h1-3H,4-5,11-12H2. The number of nitrogens with two attached hydrogens (primary N) is 2. The summed E-state index contributed by atoms with van der Waals surface area (Å²) in [6.45, 7) is 0. The number of nitrogen functional groups attached to an aromatic ring is 1. The van der Waals surface area contributed by atoms with Crippen molar-refractivity contribution in [2.24, 2.45) is 5.73 Å². The molecule has 2 rings (SSSR count). The maximum Gasteiger partial charge on any atom is 0.0477 e. The molecule has 2 nitrogen and oxygen atoms in total. The number of rotatable bonds is 1. The van der Waals surface area contributed by atoms with Crippen LogP contribution in [0.4, 0.5) is 5.69 Å². The summed E-state index contributed by atoms with van der Waals surface area (Å²) in [5, 5.41) is 0.690. The molecule has 1 aliphatic rings. The van der Waals surface area contributed by atoms with Gasteiger partial charge in [-0.2, -0.15) is 0 Å². The highest BCUT2D eigenvalue weighted by Gasteiger charge is 2.42. The van der Waals surface area contributed by atoms with E-state index < -0.39 is 0 Å². The molecule has 1 aliphatic carbocycles. The van der Waals surface area contributed by atoms with Crippen LogP contribution in [0.15, 0.2) is 18.2 Å². The summed E-state index contributed by atoms with van der Waals surface area (Å²) in [7, 11) is 0. The van der Waals surface area contributed by atoms with E-state index in [0.29, 0.717) is 10.7 Å². The van der Waals surface area contributed by atoms with E-state index in [4.69, 9.17) is 23.1 Å². The normalized spacial score (nSPS) is 19.2. The number of benzene rings is 1. The summed E-state index contributed by atoms with van der Waals surface area (Å²) in [6.07, 6.45) is 1.97. The van der Waals surface area contributed by atoms with Crippen LogP contribution in [0.2, 0.25) is 5.02 Å². The lowest BCUT2D eigenvalue weighted by atomic mass is 10.0. The average molecular weight is 183 g/mol. The molecule has 4 N–H and O–H groups in total. The fourth-order valence-electron chi connectivity index (χ4n) is 1.45. The van der Waals surface area contributed by atoms with Crippen molar-refractivity contribution >= 4 is 17.3 Å². The minimum atomic E-state index is -0.234. The van der Waals surface area contributed by atoms with Crippen molar-refractivity contribution in [1.82, 2.24) is 0 Å². The van der Waals surface area contributed by atoms with Gasteiger partial charge in [-0.05, 0) is 25.0 Å². The molecule has 1 aromatic carbocycles. The first kappa shape index (κ1) is 7.90. The van der Waals surface area contributed by atoms with Crippen LogP contribution in [-0.4, -0.2) is 0 Å². The topological polar surface area (TPSA) is 52.0 Å². The molecule has 0 amide bonds. The van der Waals surface area contributed by atoms with Crippen LogP contribution < -0.4 is 11.5 Å². The van der Waals surface area contributed by atoms with E-state index >= 15 is 0 Å². The van der Waals surface area contributed by atoms with E-state index in [1.807, 2.05) is 18.2 Å². The second kappa shape index (κ2) is 2.38. The monoisotopic (exact) mass is 182 g/mol. The number of hydrogen-bond donors (Lipinski definition) is 2. The third-order valence-electron chi connectivity index (χ3n) is 2.33. The van der Waals surface area contributed by atoms with Gasteiger partial charge >= 0.3 is 0 Å². The molecule has 1 aromatic rings. The van der Waals surface area contributed by atoms with Crippen molar-refractivity contribution in [3.05, 3.63) is 28.8 Å². The first-order valence-corrected chi connectivity index (χ1v) is 4.35. The number of anilines is 1. The Balaban J connectivity index is 2.55. The van der Waals surface area contributed by atoms with Gasteiger partial charge < -0.3 is 11.5 Å². The molecular weight excluding hydrogens is 172 g/mol. The first-order valence-electron chi connectivity index (χ1n) is 3.97. The zero-order chi connectivity index (χ0) is 8.77. The zero-order valence-corrected chi connectivity index (χ0v) is 7.43. The Hall–Kier alpha value is -0.730. The molecule has 0 radical (unpaired) electrons. The molecule has 12 heavy (non-hydrogen) atoms. The van der Waals surface area contributed by atoms with Crippen LogP contribution >= 0.6 is 11.6 Å². The van der Waals surface area contributed by atoms with Gasteiger partial charge in [-0.1, -0.05) is 17.7 Å². The van der Waals surface area contributed by atoms with E-state index in [2.05, 4.69) is 0 Å². The molecule has 0 unspecified atom stereocenters. The van der Waals surface area contributed by atoms with Gasteiger partial charge in [0.05, 0.1) is 0 Å². The Bertz CT molecular complexity index is 298. The predicted octanol–water partition coefficient (Wildman–Crippen LogP) is 1.87. The molecule has 0 bridgehead atoms. The number of halogens is 1. The lowest BCUT2D eigenvalue weighted by Gasteiger charge is -2.13. The molecule has 3 heteroatoms. The van der Waals surface area contributed by atoms with Crippen LogP contribution in [0.3, 0.4) is 0 Å². The summed E-state index contributed by atoms with van der Waals surface area (Å²) in [4.78, 5) is 0. The highest BCUT2D eigenvalue weighted by molar-refractivity contribution is 6.31. The van der Waals surface area contributed by atoms with Crippen molar-refractivity contribution in [3.63, 3.8) is 0 Å². The molecule has 0 aromatic heterocycles. The fraction of sp³-hybridized carbons (Fsp3) is 0.333. The van der Waals surface area contributed by atoms with Gasteiger partial charge in [-0.3, -0.25) is 0 Å². The molecule has 1 fully saturated rings. The first-order chi connectivity index (χ1) is 5.63. The summed E-state index contributed by atoms with van der Waals surface area (Å²) in [5.74, 6) is 0. The lowest BCUT2D eigenvalue weighted by Crippen LogP contribution is -2.20. The van der Waals surface area contributed by atoms with Crippen LogP contribution in [-0.2, 0) is 5.54 Å². The van der Waals surface area contributed by atoms with Crippen molar-refractivity contribution in [3.8, 4) is 0 Å². The van der Waals surface area contributed by atoms with E-state index in [9.17, 15) is 0 Å². The lowest BCUT2D eigenvalue weighted by molar-refractivity contribution is 0.743. The number of hydrogen-bond acceptors (Lipinski definition) is 2. The highest BCUT2D eigenvalue weighted by atomic mass is 35.5. The minimum absolute atomic E-state index is 0.234. The Morgan fingerprint density at radius 2 is 2.00 bits per heavy atom. The van der Waals surface area contributed by atoms with Gasteiger partial charge in [0.1, 0.15) is 0 Å². The van der Waals surface area contributed by atoms with Gasteiger partial charge in [0.15, 0.2) is 0 Å².